The number of sulfonamides is 1. The SMILES string of the molecule is CC(=O)SCC(=O)c1cccc(S(=O)(=O)Nc2ccc(Cl)cc2)c1. The molecule has 0 radical (unpaired) electrons. The maximum Gasteiger partial charge on any atom is 0.261 e. The average molecular weight is 384 g/mol. The molecule has 24 heavy (non-hydrogen) atoms. The molecule has 8 heteroatoms. The largest absolute Gasteiger partial charge is 0.293 e. The Bertz CT molecular complexity index is 864. The number of rotatable bonds is 6. The first-order valence-corrected chi connectivity index (χ1v) is 9.67. The minimum atomic E-state index is -3.83. The van der Waals surface area contributed by atoms with E-state index in [0.29, 0.717) is 10.7 Å². The van der Waals surface area contributed by atoms with Gasteiger partial charge in [0.15, 0.2) is 10.9 Å². The summed E-state index contributed by atoms with van der Waals surface area (Å²) in [4.78, 5) is 22.9. The van der Waals surface area contributed by atoms with Crippen molar-refractivity contribution < 1.29 is 18.0 Å². The van der Waals surface area contributed by atoms with Crippen LogP contribution in [0.1, 0.15) is 17.3 Å². The highest BCUT2D eigenvalue weighted by atomic mass is 35.5. The van der Waals surface area contributed by atoms with Gasteiger partial charge in [0.25, 0.3) is 10.0 Å². The third-order valence-electron chi connectivity index (χ3n) is 2.97. The molecule has 0 aliphatic rings. The van der Waals surface area contributed by atoms with Crippen LogP contribution in [0.25, 0.3) is 0 Å². The lowest BCUT2D eigenvalue weighted by Gasteiger charge is -2.09. The van der Waals surface area contributed by atoms with E-state index in [1.54, 1.807) is 24.3 Å². The van der Waals surface area contributed by atoms with Crippen LogP contribution in [0.5, 0.6) is 0 Å². The first-order chi connectivity index (χ1) is 11.3. The van der Waals surface area contributed by atoms with Gasteiger partial charge in [0.1, 0.15) is 0 Å². The van der Waals surface area contributed by atoms with Crippen molar-refractivity contribution in [1.82, 2.24) is 0 Å². The number of ketones is 1. The smallest absolute Gasteiger partial charge is 0.261 e. The van der Waals surface area contributed by atoms with Gasteiger partial charge >= 0.3 is 0 Å². The summed E-state index contributed by atoms with van der Waals surface area (Å²) < 4.78 is 27.2. The Morgan fingerprint density at radius 2 is 1.79 bits per heavy atom. The van der Waals surface area contributed by atoms with Crippen LogP contribution in [0.2, 0.25) is 5.02 Å². The quantitative estimate of drug-likeness (QED) is 0.771. The minimum Gasteiger partial charge on any atom is -0.293 e. The number of carbonyl (C=O) groups is 2. The lowest BCUT2D eigenvalue weighted by atomic mass is 10.1. The molecule has 5 nitrogen and oxygen atoms in total. The Morgan fingerprint density at radius 1 is 1.12 bits per heavy atom. The summed E-state index contributed by atoms with van der Waals surface area (Å²) in [5, 5.41) is 0.324. The number of carbonyl (C=O) groups excluding carboxylic acids is 2. The summed E-state index contributed by atoms with van der Waals surface area (Å²) in [6, 6.07) is 11.9. The third kappa shape index (κ3) is 5.09. The highest BCUT2D eigenvalue weighted by Crippen LogP contribution is 2.20. The van der Waals surface area contributed by atoms with Gasteiger partial charge in [-0.3, -0.25) is 14.3 Å². The van der Waals surface area contributed by atoms with Gasteiger partial charge in [-0.1, -0.05) is 35.5 Å². The molecule has 0 aliphatic heterocycles. The molecule has 0 saturated carbocycles. The molecular weight excluding hydrogens is 370 g/mol. The molecule has 2 aromatic carbocycles. The van der Waals surface area contributed by atoms with Crippen molar-refractivity contribution in [3.8, 4) is 0 Å². The van der Waals surface area contributed by atoms with Crippen molar-refractivity contribution >= 4 is 50.0 Å². The van der Waals surface area contributed by atoms with Gasteiger partial charge in [0.05, 0.1) is 10.6 Å². The van der Waals surface area contributed by atoms with Crippen molar-refractivity contribution in [2.75, 3.05) is 10.5 Å². The predicted octanol–water partition coefficient (Wildman–Crippen LogP) is 3.60. The van der Waals surface area contributed by atoms with Crippen molar-refractivity contribution in [2.24, 2.45) is 0 Å². The minimum absolute atomic E-state index is 0.0244. The van der Waals surface area contributed by atoms with Crippen LogP contribution in [0.4, 0.5) is 5.69 Å². The van der Waals surface area contributed by atoms with Gasteiger partial charge in [-0.15, -0.1) is 0 Å². The van der Waals surface area contributed by atoms with E-state index in [2.05, 4.69) is 4.72 Å². The number of nitrogens with one attached hydrogen (secondary N) is 1. The molecule has 0 unspecified atom stereocenters. The normalized spacial score (nSPS) is 11.1. The van der Waals surface area contributed by atoms with E-state index in [4.69, 9.17) is 11.6 Å². The molecular formula is C16H14ClNO4S2. The van der Waals surface area contributed by atoms with E-state index in [0.717, 1.165) is 11.8 Å². The van der Waals surface area contributed by atoms with E-state index in [1.807, 2.05) is 0 Å². The molecule has 0 amide bonds. The Hall–Kier alpha value is -1.83. The molecule has 2 aromatic rings. The topological polar surface area (TPSA) is 80.3 Å². The zero-order valence-corrected chi connectivity index (χ0v) is 15.0. The van der Waals surface area contributed by atoms with Crippen LogP contribution in [0.3, 0.4) is 0 Å². The fourth-order valence-electron chi connectivity index (χ4n) is 1.82. The van der Waals surface area contributed by atoms with E-state index >= 15 is 0 Å². The zero-order valence-electron chi connectivity index (χ0n) is 12.7. The van der Waals surface area contributed by atoms with Gasteiger partial charge < -0.3 is 0 Å². The number of thioether (sulfide) groups is 1. The third-order valence-corrected chi connectivity index (χ3v) is 5.41. The highest BCUT2D eigenvalue weighted by molar-refractivity contribution is 8.14. The van der Waals surface area contributed by atoms with Crippen LogP contribution in [0.15, 0.2) is 53.4 Å². The Kier molecular flexibility index (Phi) is 6.04. The standard InChI is InChI=1S/C16H14ClNO4S2/c1-11(19)23-10-16(20)12-3-2-4-15(9-12)24(21,22)18-14-7-5-13(17)6-8-14/h2-9,18H,10H2,1H3. The predicted molar refractivity (Wildman–Crippen MR) is 96.2 cm³/mol. The fraction of sp³-hybridized carbons (Fsp3) is 0.125. The van der Waals surface area contributed by atoms with Gasteiger partial charge in [-0.05, 0) is 36.4 Å². The number of halogens is 1. The summed E-state index contributed by atoms with van der Waals surface area (Å²) >= 11 is 6.65. The van der Waals surface area contributed by atoms with Gasteiger partial charge in [-0.2, -0.15) is 0 Å². The van der Waals surface area contributed by atoms with E-state index < -0.39 is 10.0 Å². The maximum atomic E-state index is 12.4. The summed E-state index contributed by atoms with van der Waals surface area (Å²) in [5.41, 5.74) is 0.603. The monoisotopic (exact) mass is 383 g/mol. The van der Waals surface area contributed by atoms with Crippen LogP contribution in [0, 0.1) is 0 Å². The molecule has 0 heterocycles. The molecule has 2 rings (SSSR count). The van der Waals surface area contributed by atoms with Crippen LogP contribution < -0.4 is 4.72 Å². The number of hydrogen-bond donors (Lipinski definition) is 1. The Balaban J connectivity index is 2.21. The Morgan fingerprint density at radius 3 is 2.42 bits per heavy atom. The van der Waals surface area contributed by atoms with Crippen LogP contribution in [-0.4, -0.2) is 25.1 Å². The van der Waals surface area contributed by atoms with Gasteiger partial charge in [0, 0.05) is 23.2 Å². The summed E-state index contributed by atoms with van der Waals surface area (Å²) in [6.07, 6.45) is 0. The summed E-state index contributed by atoms with van der Waals surface area (Å²) in [5.74, 6) is -0.331. The molecule has 0 aromatic heterocycles. The highest BCUT2D eigenvalue weighted by Gasteiger charge is 2.17. The van der Waals surface area contributed by atoms with Crippen LogP contribution >= 0.6 is 23.4 Å². The second-order valence-electron chi connectivity index (χ2n) is 4.84. The fourth-order valence-corrected chi connectivity index (χ4v) is 3.55. The first-order valence-electron chi connectivity index (χ1n) is 6.83. The summed E-state index contributed by atoms with van der Waals surface area (Å²) in [7, 11) is -3.83. The molecule has 126 valence electrons. The first kappa shape index (κ1) is 18.5. The van der Waals surface area contributed by atoms with Gasteiger partial charge in [0.2, 0.25) is 0 Å². The van der Waals surface area contributed by atoms with Crippen molar-refractivity contribution in [3.63, 3.8) is 0 Å². The van der Waals surface area contributed by atoms with Crippen molar-refractivity contribution in [2.45, 2.75) is 11.8 Å². The van der Waals surface area contributed by atoms with E-state index in [9.17, 15) is 18.0 Å². The van der Waals surface area contributed by atoms with Gasteiger partial charge in [-0.25, -0.2) is 8.42 Å². The maximum absolute atomic E-state index is 12.4. The van der Waals surface area contributed by atoms with E-state index in [-0.39, 0.29) is 27.1 Å². The molecule has 0 fully saturated rings. The van der Waals surface area contributed by atoms with Crippen molar-refractivity contribution in [3.05, 3.63) is 59.1 Å². The molecule has 1 N–H and O–H groups in total. The summed E-state index contributed by atoms with van der Waals surface area (Å²) in [6.45, 7) is 1.37. The average Bonchev–Trinajstić information content (AvgIpc) is 2.54. The second kappa shape index (κ2) is 7.83. The zero-order chi connectivity index (χ0) is 17.7. The number of hydrogen-bond acceptors (Lipinski definition) is 5. The number of Topliss-reactive ketones (excluding diaryl/α,β-unsaturated/α-hetero) is 1. The molecule has 0 saturated heterocycles. The molecule has 0 aliphatic carbocycles. The number of benzene rings is 2. The molecule has 0 atom stereocenters. The molecule has 0 spiro atoms. The van der Waals surface area contributed by atoms with E-state index in [1.165, 1.54) is 31.2 Å². The lowest BCUT2D eigenvalue weighted by molar-refractivity contribution is -0.109. The molecule has 0 bridgehead atoms. The van der Waals surface area contributed by atoms with Crippen LogP contribution in [-0.2, 0) is 14.8 Å². The van der Waals surface area contributed by atoms with Crippen molar-refractivity contribution in [1.29, 1.82) is 0 Å². The number of anilines is 1. The lowest BCUT2D eigenvalue weighted by Crippen LogP contribution is -2.14. The second-order valence-corrected chi connectivity index (χ2v) is 8.11. The Labute approximate surface area is 149 Å².